The first-order valence-electron chi connectivity index (χ1n) is 6.68. The number of nitrogens with zero attached hydrogens (tertiary/aromatic N) is 4. The molecule has 2 N–H and O–H groups in total. The van der Waals surface area contributed by atoms with Gasteiger partial charge in [0.25, 0.3) is 0 Å². The molecular formula is C15H12ClN5OS. The van der Waals surface area contributed by atoms with Crippen LogP contribution in [0.15, 0.2) is 53.9 Å². The molecule has 0 radical (unpaired) electrons. The lowest BCUT2D eigenvalue weighted by Gasteiger charge is -2.10. The molecule has 0 aliphatic rings. The second kappa shape index (κ2) is 6.80. The summed E-state index contributed by atoms with van der Waals surface area (Å²) in [5.74, 6) is 0.317. The molecule has 0 unspecified atom stereocenters. The summed E-state index contributed by atoms with van der Waals surface area (Å²) >= 11 is 7.32. The Labute approximate surface area is 141 Å². The zero-order chi connectivity index (χ0) is 16.2. The largest absolute Gasteiger partial charge is 0.369 e. The van der Waals surface area contributed by atoms with E-state index in [1.807, 2.05) is 28.8 Å². The lowest BCUT2D eigenvalue weighted by molar-refractivity contribution is -0.115. The molecule has 23 heavy (non-hydrogen) atoms. The predicted octanol–water partition coefficient (Wildman–Crippen LogP) is 2.56. The van der Waals surface area contributed by atoms with Crippen molar-refractivity contribution in [2.45, 2.75) is 5.16 Å². The Hall–Kier alpha value is -2.38. The normalized spacial score (nSPS) is 10.7. The van der Waals surface area contributed by atoms with E-state index in [4.69, 9.17) is 17.3 Å². The topological polar surface area (TPSA) is 86.7 Å². The van der Waals surface area contributed by atoms with E-state index in [2.05, 4.69) is 15.2 Å². The van der Waals surface area contributed by atoms with Crippen LogP contribution in [0.25, 0.3) is 17.1 Å². The van der Waals surface area contributed by atoms with E-state index in [0.29, 0.717) is 16.0 Å². The molecule has 8 heteroatoms. The van der Waals surface area contributed by atoms with Crippen molar-refractivity contribution >= 4 is 29.3 Å². The Morgan fingerprint density at radius 3 is 2.83 bits per heavy atom. The van der Waals surface area contributed by atoms with Gasteiger partial charge in [0.05, 0.1) is 11.4 Å². The molecule has 0 saturated carbocycles. The third kappa shape index (κ3) is 3.52. The first-order valence-corrected chi connectivity index (χ1v) is 8.04. The number of thioether (sulfide) groups is 1. The average Bonchev–Trinajstić information content (AvgIpc) is 2.97. The summed E-state index contributed by atoms with van der Waals surface area (Å²) in [6.45, 7) is 0. The molecule has 0 saturated heterocycles. The monoisotopic (exact) mass is 345 g/mol. The Balaban J connectivity index is 2.12. The van der Waals surface area contributed by atoms with Gasteiger partial charge in [-0.05, 0) is 30.3 Å². The number of nitrogens with two attached hydrogens (primary N) is 1. The summed E-state index contributed by atoms with van der Waals surface area (Å²) < 4.78 is 1.83. The average molecular weight is 346 g/mol. The van der Waals surface area contributed by atoms with E-state index in [0.717, 1.165) is 11.3 Å². The van der Waals surface area contributed by atoms with Gasteiger partial charge in [0.1, 0.15) is 0 Å². The minimum absolute atomic E-state index is 0.117. The van der Waals surface area contributed by atoms with Gasteiger partial charge in [-0.25, -0.2) is 0 Å². The van der Waals surface area contributed by atoms with Gasteiger partial charge < -0.3 is 5.73 Å². The summed E-state index contributed by atoms with van der Waals surface area (Å²) in [6, 6.07) is 11.0. The molecule has 0 aliphatic carbocycles. The van der Waals surface area contributed by atoms with Gasteiger partial charge in [0, 0.05) is 23.0 Å². The fourth-order valence-corrected chi connectivity index (χ4v) is 2.90. The molecule has 1 aromatic carbocycles. The van der Waals surface area contributed by atoms with Crippen LogP contribution < -0.4 is 5.73 Å². The third-order valence-corrected chi connectivity index (χ3v) is 4.15. The van der Waals surface area contributed by atoms with Crippen molar-refractivity contribution in [3.8, 4) is 17.1 Å². The molecule has 2 aromatic heterocycles. The molecule has 3 rings (SSSR count). The van der Waals surface area contributed by atoms with E-state index in [9.17, 15) is 4.79 Å². The number of carbonyl (C=O) groups excluding carboxylic acids is 1. The first kappa shape index (κ1) is 15.5. The van der Waals surface area contributed by atoms with Crippen LogP contribution in [0.3, 0.4) is 0 Å². The smallest absolute Gasteiger partial charge is 0.227 e. The van der Waals surface area contributed by atoms with Crippen LogP contribution in [-0.4, -0.2) is 31.4 Å². The number of hydrogen-bond donors (Lipinski definition) is 1. The van der Waals surface area contributed by atoms with Crippen molar-refractivity contribution < 1.29 is 4.79 Å². The number of halogens is 1. The SMILES string of the molecule is NC(=O)CSc1nnc(-c2cccnc2)n1-c1cccc(Cl)c1. The van der Waals surface area contributed by atoms with Gasteiger partial charge in [-0.2, -0.15) is 0 Å². The van der Waals surface area contributed by atoms with Crippen LogP contribution in [0.2, 0.25) is 5.02 Å². The van der Waals surface area contributed by atoms with Crippen LogP contribution >= 0.6 is 23.4 Å². The van der Waals surface area contributed by atoms with Gasteiger partial charge >= 0.3 is 0 Å². The molecule has 0 bridgehead atoms. The minimum Gasteiger partial charge on any atom is -0.369 e. The molecule has 1 amide bonds. The summed E-state index contributed by atoms with van der Waals surface area (Å²) in [4.78, 5) is 15.2. The number of hydrogen-bond acceptors (Lipinski definition) is 5. The maximum atomic E-state index is 11.1. The highest BCUT2D eigenvalue weighted by atomic mass is 35.5. The van der Waals surface area contributed by atoms with Gasteiger partial charge in [-0.15, -0.1) is 10.2 Å². The van der Waals surface area contributed by atoms with E-state index in [1.165, 1.54) is 11.8 Å². The van der Waals surface area contributed by atoms with Crippen LogP contribution in [0.5, 0.6) is 0 Å². The fraction of sp³-hybridized carbons (Fsp3) is 0.0667. The number of amides is 1. The lowest BCUT2D eigenvalue weighted by Crippen LogP contribution is -2.13. The standard InChI is InChI=1S/C15H12ClN5OS/c16-11-4-1-5-12(7-11)21-14(10-3-2-6-18-8-10)19-20-15(21)23-9-13(17)22/h1-8H,9H2,(H2,17,22). The molecule has 0 atom stereocenters. The summed E-state index contributed by atoms with van der Waals surface area (Å²) in [7, 11) is 0. The second-order valence-electron chi connectivity index (χ2n) is 4.62. The molecule has 0 spiro atoms. The maximum Gasteiger partial charge on any atom is 0.227 e. The van der Waals surface area contributed by atoms with Crippen LogP contribution in [-0.2, 0) is 4.79 Å². The van der Waals surface area contributed by atoms with Crippen molar-refractivity contribution in [2.75, 3.05) is 5.75 Å². The Morgan fingerprint density at radius 1 is 1.26 bits per heavy atom. The maximum absolute atomic E-state index is 11.1. The van der Waals surface area contributed by atoms with Gasteiger partial charge in [-0.3, -0.25) is 14.3 Å². The molecule has 6 nitrogen and oxygen atoms in total. The lowest BCUT2D eigenvalue weighted by atomic mass is 10.2. The fourth-order valence-electron chi connectivity index (χ4n) is 2.03. The Bertz CT molecular complexity index is 837. The van der Waals surface area contributed by atoms with E-state index in [1.54, 1.807) is 24.5 Å². The van der Waals surface area contributed by atoms with Crippen molar-refractivity contribution in [1.29, 1.82) is 0 Å². The quantitative estimate of drug-likeness (QED) is 0.718. The zero-order valence-corrected chi connectivity index (χ0v) is 13.5. The zero-order valence-electron chi connectivity index (χ0n) is 11.9. The number of primary amides is 1. The number of benzene rings is 1. The number of carbonyl (C=O) groups is 1. The number of pyridine rings is 1. The van der Waals surface area contributed by atoms with Crippen molar-refractivity contribution in [1.82, 2.24) is 19.7 Å². The highest BCUT2D eigenvalue weighted by Gasteiger charge is 2.17. The Morgan fingerprint density at radius 2 is 2.13 bits per heavy atom. The molecule has 0 aliphatic heterocycles. The second-order valence-corrected chi connectivity index (χ2v) is 6.00. The van der Waals surface area contributed by atoms with Crippen molar-refractivity contribution in [3.05, 3.63) is 53.8 Å². The summed E-state index contributed by atoms with van der Waals surface area (Å²) in [5, 5.41) is 9.55. The highest BCUT2D eigenvalue weighted by Crippen LogP contribution is 2.28. The van der Waals surface area contributed by atoms with E-state index < -0.39 is 5.91 Å². The number of rotatable bonds is 5. The predicted molar refractivity (Wildman–Crippen MR) is 89.5 cm³/mol. The first-order chi connectivity index (χ1) is 11.1. The van der Waals surface area contributed by atoms with Gasteiger partial charge in [0.15, 0.2) is 11.0 Å². The van der Waals surface area contributed by atoms with Crippen LogP contribution in [0.1, 0.15) is 0 Å². The van der Waals surface area contributed by atoms with Gasteiger partial charge in [-0.1, -0.05) is 29.4 Å². The Kier molecular flexibility index (Phi) is 4.59. The number of aromatic nitrogens is 4. The van der Waals surface area contributed by atoms with Crippen LogP contribution in [0.4, 0.5) is 0 Å². The molecule has 116 valence electrons. The minimum atomic E-state index is -0.418. The van der Waals surface area contributed by atoms with Gasteiger partial charge in [0.2, 0.25) is 5.91 Å². The van der Waals surface area contributed by atoms with E-state index >= 15 is 0 Å². The summed E-state index contributed by atoms with van der Waals surface area (Å²) in [5.41, 5.74) is 6.83. The van der Waals surface area contributed by atoms with Crippen molar-refractivity contribution in [2.24, 2.45) is 5.73 Å². The summed E-state index contributed by atoms with van der Waals surface area (Å²) in [6.07, 6.45) is 3.39. The molecule has 3 aromatic rings. The van der Waals surface area contributed by atoms with Crippen LogP contribution in [0, 0.1) is 0 Å². The third-order valence-electron chi connectivity index (χ3n) is 2.96. The molecule has 0 fully saturated rings. The van der Waals surface area contributed by atoms with Crippen molar-refractivity contribution in [3.63, 3.8) is 0 Å². The highest BCUT2D eigenvalue weighted by molar-refractivity contribution is 7.99. The molecular weight excluding hydrogens is 334 g/mol. The van der Waals surface area contributed by atoms with E-state index in [-0.39, 0.29) is 5.75 Å². The molecule has 2 heterocycles.